The number of hydrogen-bond donors (Lipinski definition) is 4. The van der Waals surface area contributed by atoms with Crippen molar-refractivity contribution in [3.05, 3.63) is 54.6 Å². The largest absolute Gasteiger partial charge is 0.334 e. The molecule has 30 heavy (non-hydrogen) atoms. The minimum absolute atomic E-state index is 0.00804. The number of amides is 3. The monoisotopic (exact) mass is 451 g/mol. The first-order chi connectivity index (χ1) is 14.0. The molecule has 0 saturated heterocycles. The molecule has 2 aromatic rings. The van der Waals surface area contributed by atoms with Crippen LogP contribution in [0.1, 0.15) is 20.8 Å². The second kappa shape index (κ2) is 9.96. The molecule has 1 atom stereocenters. The van der Waals surface area contributed by atoms with Gasteiger partial charge in [-0.2, -0.15) is 0 Å². The molecule has 0 bridgehead atoms. The van der Waals surface area contributed by atoms with Crippen LogP contribution in [-0.4, -0.2) is 42.9 Å². The van der Waals surface area contributed by atoms with Gasteiger partial charge >= 0.3 is 6.03 Å². The van der Waals surface area contributed by atoms with Gasteiger partial charge in [0.25, 0.3) is 5.91 Å². The van der Waals surface area contributed by atoms with E-state index in [9.17, 15) is 18.0 Å². The zero-order chi connectivity index (χ0) is 22.4. The molecule has 4 N–H and O–H groups in total. The summed E-state index contributed by atoms with van der Waals surface area (Å²) in [5.74, 6) is -1.74. The summed E-state index contributed by atoms with van der Waals surface area (Å²) >= 11 is 1.49. The van der Waals surface area contributed by atoms with Crippen molar-refractivity contribution in [3.63, 3.8) is 0 Å². The zero-order valence-electron chi connectivity index (χ0n) is 16.9. The van der Waals surface area contributed by atoms with E-state index < -0.39 is 39.1 Å². The van der Waals surface area contributed by atoms with Crippen molar-refractivity contribution < 1.29 is 23.2 Å². The predicted octanol–water partition coefficient (Wildman–Crippen LogP) is 2.58. The standard InChI is InChI=1S/C20H25N3O5S2/c1-20(2,3)22-19(25)21-17(18(24)23-26)13-30(27,28)16-11-9-15(10-12-16)29-14-7-5-4-6-8-14/h4-12,17,26H,13H2,1-3H3,(H,23,24)(H2,21,22,25). The van der Waals surface area contributed by atoms with Crippen LogP contribution in [0.5, 0.6) is 0 Å². The number of hydroxylamine groups is 1. The van der Waals surface area contributed by atoms with Crippen LogP contribution in [0.2, 0.25) is 0 Å². The summed E-state index contributed by atoms with van der Waals surface area (Å²) in [6, 6.07) is 13.7. The Morgan fingerprint density at radius 2 is 1.57 bits per heavy atom. The zero-order valence-corrected chi connectivity index (χ0v) is 18.5. The molecule has 2 rings (SSSR count). The van der Waals surface area contributed by atoms with E-state index in [1.165, 1.54) is 29.4 Å². The molecular formula is C20H25N3O5S2. The number of urea groups is 1. The van der Waals surface area contributed by atoms with Gasteiger partial charge in [-0.1, -0.05) is 30.0 Å². The van der Waals surface area contributed by atoms with Crippen LogP contribution >= 0.6 is 11.8 Å². The lowest BCUT2D eigenvalue weighted by molar-refractivity contribution is -0.130. The van der Waals surface area contributed by atoms with E-state index in [1.54, 1.807) is 32.9 Å². The number of sulfone groups is 1. The lowest BCUT2D eigenvalue weighted by atomic mass is 10.1. The summed E-state index contributed by atoms with van der Waals surface area (Å²) in [4.78, 5) is 25.8. The fourth-order valence-electron chi connectivity index (χ4n) is 2.45. The highest BCUT2D eigenvalue weighted by atomic mass is 32.2. The Morgan fingerprint density at radius 3 is 2.10 bits per heavy atom. The predicted molar refractivity (Wildman–Crippen MR) is 114 cm³/mol. The summed E-state index contributed by atoms with van der Waals surface area (Å²) in [5, 5.41) is 13.8. The Hall–Kier alpha value is -2.56. The summed E-state index contributed by atoms with van der Waals surface area (Å²) in [7, 11) is -3.92. The molecule has 0 radical (unpaired) electrons. The Kier molecular flexibility index (Phi) is 7.88. The van der Waals surface area contributed by atoms with E-state index >= 15 is 0 Å². The Bertz CT molecular complexity index is 972. The molecule has 162 valence electrons. The van der Waals surface area contributed by atoms with Crippen molar-refractivity contribution in [2.24, 2.45) is 0 Å². The van der Waals surface area contributed by atoms with Gasteiger partial charge in [-0.3, -0.25) is 10.0 Å². The molecule has 2 aromatic carbocycles. The third-order valence-electron chi connectivity index (χ3n) is 3.77. The average molecular weight is 452 g/mol. The topological polar surface area (TPSA) is 125 Å². The molecule has 1 unspecified atom stereocenters. The van der Waals surface area contributed by atoms with E-state index in [-0.39, 0.29) is 4.90 Å². The normalized spacial score (nSPS) is 12.7. The first-order valence-electron chi connectivity index (χ1n) is 9.08. The van der Waals surface area contributed by atoms with Crippen molar-refractivity contribution in [1.82, 2.24) is 16.1 Å². The van der Waals surface area contributed by atoms with Crippen LogP contribution in [0.25, 0.3) is 0 Å². The second-order valence-electron chi connectivity index (χ2n) is 7.55. The van der Waals surface area contributed by atoms with Gasteiger partial charge < -0.3 is 10.6 Å². The third-order valence-corrected chi connectivity index (χ3v) is 6.55. The van der Waals surface area contributed by atoms with E-state index in [1.807, 2.05) is 30.3 Å². The maximum atomic E-state index is 12.8. The highest BCUT2D eigenvalue weighted by Gasteiger charge is 2.29. The highest BCUT2D eigenvalue weighted by Crippen LogP contribution is 2.28. The van der Waals surface area contributed by atoms with Crippen molar-refractivity contribution in [2.45, 2.75) is 47.0 Å². The van der Waals surface area contributed by atoms with Crippen molar-refractivity contribution in [2.75, 3.05) is 5.75 Å². The van der Waals surface area contributed by atoms with Crippen molar-refractivity contribution >= 4 is 33.5 Å². The van der Waals surface area contributed by atoms with Crippen LogP contribution in [0.3, 0.4) is 0 Å². The smallest absolute Gasteiger partial charge is 0.315 e. The quantitative estimate of drug-likeness (QED) is 0.379. The summed E-state index contributed by atoms with van der Waals surface area (Å²) in [6.07, 6.45) is 0. The minimum atomic E-state index is -3.92. The molecule has 0 saturated carbocycles. The van der Waals surface area contributed by atoms with Crippen molar-refractivity contribution in [3.8, 4) is 0 Å². The first-order valence-corrected chi connectivity index (χ1v) is 11.6. The number of rotatable bonds is 7. The number of carbonyl (C=O) groups excluding carboxylic acids is 2. The number of carbonyl (C=O) groups is 2. The number of benzene rings is 2. The molecule has 0 aliphatic rings. The van der Waals surface area contributed by atoms with E-state index in [4.69, 9.17) is 5.21 Å². The van der Waals surface area contributed by atoms with Gasteiger partial charge in [-0.25, -0.2) is 18.7 Å². The summed E-state index contributed by atoms with van der Waals surface area (Å²) in [6.45, 7) is 5.21. The fraction of sp³-hybridized carbons (Fsp3) is 0.300. The minimum Gasteiger partial charge on any atom is -0.334 e. The van der Waals surface area contributed by atoms with Crippen molar-refractivity contribution in [1.29, 1.82) is 0 Å². The lowest BCUT2D eigenvalue weighted by Crippen LogP contribution is -2.55. The molecule has 0 heterocycles. The fourth-order valence-corrected chi connectivity index (χ4v) is 4.71. The van der Waals surface area contributed by atoms with Gasteiger partial charge in [0.2, 0.25) is 0 Å². The van der Waals surface area contributed by atoms with Gasteiger partial charge in [0.15, 0.2) is 9.84 Å². The first kappa shape index (κ1) is 23.7. The van der Waals surface area contributed by atoms with Crippen LogP contribution in [0.15, 0.2) is 69.3 Å². The number of nitrogens with one attached hydrogen (secondary N) is 3. The summed E-state index contributed by atoms with van der Waals surface area (Å²) < 4.78 is 25.5. The van der Waals surface area contributed by atoms with Gasteiger partial charge in [0.1, 0.15) is 6.04 Å². The van der Waals surface area contributed by atoms with Crippen LogP contribution in [-0.2, 0) is 14.6 Å². The van der Waals surface area contributed by atoms with E-state index in [0.717, 1.165) is 9.79 Å². The molecule has 0 aliphatic heterocycles. The van der Waals surface area contributed by atoms with E-state index in [2.05, 4.69) is 10.6 Å². The Labute approximate surface area is 180 Å². The van der Waals surface area contributed by atoms with Crippen LogP contribution in [0.4, 0.5) is 4.79 Å². The molecule has 0 aliphatic carbocycles. The van der Waals surface area contributed by atoms with Gasteiger partial charge in [0, 0.05) is 15.3 Å². The Morgan fingerprint density at radius 1 is 1.00 bits per heavy atom. The Balaban J connectivity index is 2.13. The molecule has 10 heteroatoms. The van der Waals surface area contributed by atoms with Gasteiger partial charge in [0.05, 0.1) is 10.6 Å². The second-order valence-corrected chi connectivity index (χ2v) is 10.7. The SMILES string of the molecule is CC(C)(C)NC(=O)NC(CS(=O)(=O)c1ccc(Sc2ccccc2)cc1)C(=O)NO. The molecule has 0 aromatic heterocycles. The molecule has 0 fully saturated rings. The molecular weight excluding hydrogens is 426 g/mol. The maximum Gasteiger partial charge on any atom is 0.315 e. The average Bonchev–Trinajstić information content (AvgIpc) is 2.66. The van der Waals surface area contributed by atoms with Crippen LogP contribution in [0, 0.1) is 0 Å². The number of hydrogen-bond acceptors (Lipinski definition) is 6. The molecule has 3 amide bonds. The van der Waals surface area contributed by atoms with Crippen LogP contribution < -0.4 is 16.1 Å². The van der Waals surface area contributed by atoms with E-state index in [0.29, 0.717) is 0 Å². The lowest BCUT2D eigenvalue weighted by Gasteiger charge is -2.23. The highest BCUT2D eigenvalue weighted by molar-refractivity contribution is 7.99. The van der Waals surface area contributed by atoms with Gasteiger partial charge in [-0.05, 0) is 57.2 Å². The third kappa shape index (κ3) is 7.36. The van der Waals surface area contributed by atoms with Gasteiger partial charge in [-0.15, -0.1) is 0 Å². The maximum absolute atomic E-state index is 12.8. The summed E-state index contributed by atoms with van der Waals surface area (Å²) in [5.41, 5.74) is 0.807. The molecule has 0 spiro atoms. The molecule has 8 nitrogen and oxygen atoms in total.